The Hall–Kier alpha value is -3.50. The van der Waals surface area contributed by atoms with Crippen molar-refractivity contribution < 1.29 is 19.1 Å². The van der Waals surface area contributed by atoms with Gasteiger partial charge in [-0.1, -0.05) is 6.07 Å². The van der Waals surface area contributed by atoms with Gasteiger partial charge in [0.05, 0.1) is 18.2 Å². The molecule has 3 aromatic rings. The van der Waals surface area contributed by atoms with Crippen molar-refractivity contribution in [3.8, 4) is 0 Å². The molecule has 4 rings (SSSR count). The summed E-state index contributed by atoms with van der Waals surface area (Å²) in [6, 6.07) is 8.53. The summed E-state index contributed by atoms with van der Waals surface area (Å²) < 4.78 is 12.3. The average Bonchev–Trinajstić information content (AvgIpc) is 3.43. The highest BCUT2D eigenvalue weighted by Gasteiger charge is 2.30. The van der Waals surface area contributed by atoms with Gasteiger partial charge in [-0.15, -0.1) is 0 Å². The number of carbonyl (C=O) groups is 2. The molecule has 0 spiro atoms. The van der Waals surface area contributed by atoms with E-state index in [-0.39, 0.29) is 17.9 Å². The van der Waals surface area contributed by atoms with Crippen molar-refractivity contribution in [2.75, 3.05) is 45.0 Å². The molecule has 180 valence electrons. The van der Waals surface area contributed by atoms with Crippen LogP contribution in [0.2, 0.25) is 0 Å². The lowest BCUT2D eigenvalue weighted by Crippen LogP contribution is -2.38. The molecule has 34 heavy (non-hydrogen) atoms. The molecular weight excluding hydrogens is 436 g/mol. The van der Waals surface area contributed by atoms with Crippen molar-refractivity contribution in [3.63, 3.8) is 0 Å². The molecule has 0 aliphatic carbocycles. The first-order valence-corrected chi connectivity index (χ1v) is 11.3. The van der Waals surface area contributed by atoms with Crippen LogP contribution in [0.5, 0.6) is 0 Å². The second kappa shape index (κ2) is 10.6. The van der Waals surface area contributed by atoms with Gasteiger partial charge in [-0.3, -0.25) is 19.5 Å². The van der Waals surface area contributed by atoms with E-state index in [0.29, 0.717) is 66.7 Å². The standard InChI is InChI=1S/C24H30N6O4/c1-33-11-5-10-30-21-20(27-24(30)28-22(31)16-6-3-7-18(25)12-16)13-17(14-26-21)23(32)29-9-4-8-19(29)15-34-2/h3,6-7,12-14,19H,4-5,8-11,15,25H2,1-2H3,(H,27,28,31)/t19-/m1/s1. The molecule has 2 amide bonds. The van der Waals surface area contributed by atoms with Gasteiger partial charge in [0, 0.05) is 51.4 Å². The lowest BCUT2D eigenvalue weighted by molar-refractivity contribution is 0.0630. The predicted molar refractivity (Wildman–Crippen MR) is 129 cm³/mol. The Morgan fingerprint density at radius 1 is 1.21 bits per heavy atom. The Balaban J connectivity index is 1.64. The number of imidazole rings is 1. The van der Waals surface area contributed by atoms with Crippen LogP contribution < -0.4 is 11.1 Å². The van der Waals surface area contributed by atoms with Gasteiger partial charge in [0.15, 0.2) is 5.65 Å². The van der Waals surface area contributed by atoms with Crippen LogP contribution in [0.25, 0.3) is 11.2 Å². The van der Waals surface area contributed by atoms with E-state index in [2.05, 4.69) is 15.3 Å². The molecule has 3 N–H and O–H groups in total. The first-order valence-electron chi connectivity index (χ1n) is 11.3. The minimum Gasteiger partial charge on any atom is -0.399 e. The number of amides is 2. The molecule has 0 bridgehead atoms. The third kappa shape index (κ3) is 5.02. The van der Waals surface area contributed by atoms with Gasteiger partial charge in [0.1, 0.15) is 5.52 Å². The van der Waals surface area contributed by atoms with E-state index >= 15 is 0 Å². The Labute approximate surface area is 198 Å². The zero-order chi connectivity index (χ0) is 24.1. The normalized spacial score (nSPS) is 15.7. The van der Waals surface area contributed by atoms with E-state index in [4.69, 9.17) is 15.2 Å². The summed E-state index contributed by atoms with van der Waals surface area (Å²) in [4.78, 5) is 37.0. The number of benzene rings is 1. The summed E-state index contributed by atoms with van der Waals surface area (Å²) in [5, 5.41) is 2.86. The molecule has 1 aliphatic heterocycles. The average molecular weight is 467 g/mol. The number of anilines is 2. The molecule has 0 saturated carbocycles. The number of nitrogens with two attached hydrogens (primary N) is 1. The van der Waals surface area contributed by atoms with E-state index in [1.54, 1.807) is 50.7 Å². The van der Waals surface area contributed by atoms with Crippen molar-refractivity contribution in [2.24, 2.45) is 0 Å². The first-order chi connectivity index (χ1) is 16.5. The van der Waals surface area contributed by atoms with Gasteiger partial charge >= 0.3 is 0 Å². The van der Waals surface area contributed by atoms with E-state index < -0.39 is 0 Å². The Bertz CT molecular complexity index is 1180. The van der Waals surface area contributed by atoms with E-state index in [9.17, 15) is 9.59 Å². The third-order valence-electron chi connectivity index (χ3n) is 5.93. The molecule has 1 atom stereocenters. The van der Waals surface area contributed by atoms with Gasteiger partial charge in [-0.25, -0.2) is 9.97 Å². The molecule has 10 heteroatoms. The monoisotopic (exact) mass is 466 g/mol. The summed E-state index contributed by atoms with van der Waals surface area (Å²) in [7, 11) is 3.28. The first kappa shape index (κ1) is 23.7. The number of nitrogens with zero attached hydrogens (tertiary/aromatic N) is 4. The van der Waals surface area contributed by atoms with Crippen molar-refractivity contribution in [1.82, 2.24) is 19.4 Å². The molecule has 3 heterocycles. The molecule has 2 aromatic heterocycles. The number of hydrogen-bond acceptors (Lipinski definition) is 7. The number of likely N-dealkylation sites (tertiary alicyclic amines) is 1. The summed E-state index contributed by atoms with van der Waals surface area (Å²) in [6.07, 6.45) is 4.15. The lowest BCUT2D eigenvalue weighted by Gasteiger charge is -2.24. The number of aromatic nitrogens is 3. The SMILES string of the molecule is COCCCn1c(NC(=O)c2cccc(N)c2)nc2cc(C(=O)N3CCC[C@@H]3COC)cnc21. The van der Waals surface area contributed by atoms with Crippen LogP contribution in [0.15, 0.2) is 36.5 Å². The number of fused-ring (bicyclic) bond motifs is 1. The van der Waals surface area contributed by atoms with Gasteiger partial charge in [0.25, 0.3) is 11.8 Å². The fraction of sp³-hybridized carbons (Fsp3) is 0.417. The van der Waals surface area contributed by atoms with Gasteiger partial charge < -0.3 is 20.1 Å². The Morgan fingerprint density at radius 3 is 2.82 bits per heavy atom. The minimum absolute atomic E-state index is 0.0629. The van der Waals surface area contributed by atoms with Crippen LogP contribution in [-0.4, -0.2) is 71.3 Å². The summed E-state index contributed by atoms with van der Waals surface area (Å²) in [5.41, 5.74) is 8.33. The number of aryl methyl sites for hydroxylation is 1. The largest absolute Gasteiger partial charge is 0.399 e. The Kier molecular flexibility index (Phi) is 7.39. The summed E-state index contributed by atoms with van der Waals surface area (Å²) >= 11 is 0. The van der Waals surface area contributed by atoms with Gasteiger partial charge in [0.2, 0.25) is 5.95 Å². The van der Waals surface area contributed by atoms with E-state index in [0.717, 1.165) is 12.8 Å². The van der Waals surface area contributed by atoms with E-state index in [1.165, 1.54) is 0 Å². The van der Waals surface area contributed by atoms with Crippen molar-refractivity contribution >= 4 is 34.6 Å². The fourth-order valence-electron chi connectivity index (χ4n) is 4.29. The number of methoxy groups -OCH3 is 2. The van der Waals surface area contributed by atoms with E-state index in [1.807, 2.05) is 9.47 Å². The predicted octanol–water partition coefficient (Wildman–Crippen LogP) is 2.55. The van der Waals surface area contributed by atoms with Crippen molar-refractivity contribution in [2.45, 2.75) is 31.8 Å². The highest BCUT2D eigenvalue weighted by molar-refractivity contribution is 6.04. The zero-order valence-electron chi connectivity index (χ0n) is 19.5. The quantitative estimate of drug-likeness (QED) is 0.367. The lowest BCUT2D eigenvalue weighted by atomic mass is 10.2. The number of rotatable bonds is 9. The van der Waals surface area contributed by atoms with Crippen LogP contribution in [0.3, 0.4) is 0 Å². The molecule has 0 radical (unpaired) electrons. The molecule has 1 aliphatic rings. The number of nitrogen functional groups attached to an aromatic ring is 1. The maximum absolute atomic E-state index is 13.2. The Morgan fingerprint density at radius 2 is 2.06 bits per heavy atom. The van der Waals surface area contributed by atoms with Crippen molar-refractivity contribution in [1.29, 1.82) is 0 Å². The van der Waals surface area contributed by atoms with Gasteiger partial charge in [-0.2, -0.15) is 0 Å². The summed E-state index contributed by atoms with van der Waals surface area (Å²) in [5.74, 6) is -0.0614. The number of nitrogens with one attached hydrogen (secondary N) is 1. The molecule has 0 unspecified atom stereocenters. The third-order valence-corrected chi connectivity index (χ3v) is 5.93. The molecule has 1 saturated heterocycles. The minimum atomic E-state index is -0.327. The second-order valence-electron chi connectivity index (χ2n) is 8.33. The van der Waals surface area contributed by atoms with Crippen LogP contribution in [0.4, 0.5) is 11.6 Å². The molecule has 1 aromatic carbocycles. The molecular formula is C24H30N6O4. The number of hydrogen-bond donors (Lipinski definition) is 2. The smallest absolute Gasteiger partial charge is 0.258 e. The maximum atomic E-state index is 13.2. The molecule has 1 fully saturated rings. The zero-order valence-corrected chi connectivity index (χ0v) is 19.5. The number of ether oxygens (including phenoxy) is 2. The second-order valence-corrected chi connectivity index (χ2v) is 8.33. The number of pyridine rings is 1. The fourth-order valence-corrected chi connectivity index (χ4v) is 4.29. The summed E-state index contributed by atoms with van der Waals surface area (Å²) in [6.45, 7) is 2.29. The highest BCUT2D eigenvalue weighted by Crippen LogP contribution is 2.24. The van der Waals surface area contributed by atoms with Crippen molar-refractivity contribution in [3.05, 3.63) is 47.7 Å². The maximum Gasteiger partial charge on any atom is 0.258 e. The number of carbonyl (C=O) groups excluding carboxylic acids is 2. The highest BCUT2D eigenvalue weighted by atomic mass is 16.5. The van der Waals surface area contributed by atoms with Crippen LogP contribution in [-0.2, 0) is 16.0 Å². The van der Waals surface area contributed by atoms with Gasteiger partial charge in [-0.05, 0) is 43.5 Å². The van der Waals surface area contributed by atoms with Crippen LogP contribution in [0, 0.1) is 0 Å². The molecule has 10 nitrogen and oxygen atoms in total. The van der Waals surface area contributed by atoms with Crippen LogP contribution in [0.1, 0.15) is 40.0 Å². The topological polar surface area (TPSA) is 125 Å². The van der Waals surface area contributed by atoms with Crippen LogP contribution >= 0.6 is 0 Å².